The van der Waals surface area contributed by atoms with Crippen LogP contribution < -0.4 is 10.1 Å². The van der Waals surface area contributed by atoms with Crippen LogP contribution in [-0.4, -0.2) is 42.5 Å². The lowest BCUT2D eigenvalue weighted by Crippen LogP contribution is -2.48. The lowest BCUT2D eigenvalue weighted by molar-refractivity contribution is -0.134. The van der Waals surface area contributed by atoms with E-state index < -0.39 is 0 Å². The molecule has 2 aromatic rings. The Morgan fingerprint density at radius 1 is 1.38 bits per heavy atom. The second-order valence-corrected chi connectivity index (χ2v) is 6.48. The number of benzene rings is 1. The molecule has 1 fully saturated rings. The van der Waals surface area contributed by atoms with E-state index in [1.165, 1.54) is 0 Å². The quantitative estimate of drug-likeness (QED) is 0.872. The molecule has 2 heterocycles. The monoisotopic (exact) mass is 375 g/mol. The zero-order chi connectivity index (χ0) is 17.6. The fraction of sp³-hybridized carbons (Fsp3) is 0.400. The molecule has 1 aromatic heterocycles. The van der Waals surface area contributed by atoms with Crippen molar-refractivity contribution in [1.29, 1.82) is 0 Å². The van der Waals surface area contributed by atoms with Crippen LogP contribution in [0.1, 0.15) is 36.4 Å². The van der Waals surface area contributed by atoms with Gasteiger partial charge in [0.05, 0.1) is 13.2 Å². The Hall–Kier alpha value is -2.11. The zero-order valence-electron chi connectivity index (χ0n) is 15.2. The SMILES string of the molecule is COc1cccc(C(C)CC(=O)N2CCNCC2c2cccnc2)c1.Cl. The highest BCUT2D eigenvalue weighted by molar-refractivity contribution is 5.85. The van der Waals surface area contributed by atoms with Gasteiger partial charge in [0.1, 0.15) is 5.75 Å². The highest BCUT2D eigenvalue weighted by atomic mass is 35.5. The van der Waals surface area contributed by atoms with Gasteiger partial charge in [-0.05, 0) is 35.2 Å². The van der Waals surface area contributed by atoms with E-state index in [2.05, 4.69) is 23.3 Å². The van der Waals surface area contributed by atoms with Crippen molar-refractivity contribution < 1.29 is 9.53 Å². The summed E-state index contributed by atoms with van der Waals surface area (Å²) in [5.41, 5.74) is 2.21. The third-order valence-corrected chi connectivity index (χ3v) is 4.78. The maximum Gasteiger partial charge on any atom is 0.223 e. The predicted molar refractivity (Wildman–Crippen MR) is 105 cm³/mol. The fourth-order valence-electron chi connectivity index (χ4n) is 3.32. The summed E-state index contributed by atoms with van der Waals surface area (Å²) in [4.78, 5) is 19.2. The van der Waals surface area contributed by atoms with Gasteiger partial charge in [-0.25, -0.2) is 0 Å². The lowest BCUT2D eigenvalue weighted by atomic mass is 9.95. The van der Waals surface area contributed by atoms with Crippen LogP contribution in [0.3, 0.4) is 0 Å². The van der Waals surface area contributed by atoms with Gasteiger partial charge in [-0.1, -0.05) is 25.1 Å². The Morgan fingerprint density at radius 2 is 2.23 bits per heavy atom. The first-order valence-electron chi connectivity index (χ1n) is 8.73. The summed E-state index contributed by atoms with van der Waals surface area (Å²) < 4.78 is 5.29. The van der Waals surface area contributed by atoms with Crippen LogP contribution >= 0.6 is 12.4 Å². The second kappa shape index (κ2) is 9.55. The van der Waals surface area contributed by atoms with E-state index >= 15 is 0 Å². The molecule has 0 radical (unpaired) electrons. The van der Waals surface area contributed by atoms with Crippen LogP contribution in [0.2, 0.25) is 0 Å². The number of nitrogens with one attached hydrogen (secondary N) is 1. The molecule has 0 aliphatic carbocycles. The first-order valence-corrected chi connectivity index (χ1v) is 8.73. The number of rotatable bonds is 5. The van der Waals surface area contributed by atoms with Crippen LogP contribution in [-0.2, 0) is 4.79 Å². The largest absolute Gasteiger partial charge is 0.497 e. The molecule has 26 heavy (non-hydrogen) atoms. The van der Waals surface area contributed by atoms with Crippen LogP contribution in [0.4, 0.5) is 0 Å². The summed E-state index contributed by atoms with van der Waals surface area (Å²) in [7, 11) is 1.66. The van der Waals surface area contributed by atoms with Crippen LogP contribution in [0.15, 0.2) is 48.8 Å². The van der Waals surface area contributed by atoms with Crippen molar-refractivity contribution >= 4 is 18.3 Å². The van der Waals surface area contributed by atoms with Crippen molar-refractivity contribution in [3.05, 3.63) is 59.9 Å². The third kappa shape index (κ3) is 4.74. The van der Waals surface area contributed by atoms with Crippen LogP contribution in [0.25, 0.3) is 0 Å². The number of hydrogen-bond donors (Lipinski definition) is 1. The van der Waals surface area contributed by atoms with Gasteiger partial charge in [-0.3, -0.25) is 9.78 Å². The average molecular weight is 376 g/mol. The molecule has 1 amide bonds. The fourth-order valence-corrected chi connectivity index (χ4v) is 3.32. The zero-order valence-corrected chi connectivity index (χ0v) is 16.0. The highest BCUT2D eigenvalue weighted by Gasteiger charge is 2.28. The van der Waals surface area contributed by atoms with Gasteiger partial charge < -0.3 is 15.0 Å². The molecule has 0 bridgehead atoms. The minimum Gasteiger partial charge on any atom is -0.497 e. The number of piperazine rings is 1. The van der Waals surface area contributed by atoms with E-state index in [1.807, 2.05) is 41.4 Å². The molecule has 1 aromatic carbocycles. The van der Waals surface area contributed by atoms with Gasteiger partial charge >= 0.3 is 0 Å². The lowest BCUT2D eigenvalue weighted by Gasteiger charge is -2.37. The number of amides is 1. The molecule has 2 unspecified atom stereocenters. The van der Waals surface area contributed by atoms with Crippen molar-refractivity contribution in [2.24, 2.45) is 0 Å². The van der Waals surface area contributed by atoms with E-state index in [1.54, 1.807) is 13.3 Å². The van der Waals surface area contributed by atoms with Crippen LogP contribution in [0.5, 0.6) is 5.75 Å². The Kier molecular flexibility index (Phi) is 7.42. The molecule has 3 rings (SSSR count). The summed E-state index contributed by atoms with van der Waals surface area (Å²) in [5, 5.41) is 3.38. The van der Waals surface area contributed by atoms with Crippen molar-refractivity contribution in [3.8, 4) is 5.75 Å². The van der Waals surface area contributed by atoms with Gasteiger partial charge in [-0.2, -0.15) is 0 Å². The molecule has 0 saturated carbocycles. The standard InChI is InChI=1S/C20H25N3O2.ClH/c1-15(16-5-3-7-18(12-16)25-2)11-20(24)23-10-9-22-14-19(23)17-6-4-8-21-13-17;/h3-8,12-13,15,19,22H,9-11,14H2,1-2H3;1H. The first-order chi connectivity index (χ1) is 12.2. The van der Waals surface area contributed by atoms with Crippen molar-refractivity contribution in [1.82, 2.24) is 15.2 Å². The van der Waals surface area contributed by atoms with Crippen molar-refractivity contribution in [3.63, 3.8) is 0 Å². The Morgan fingerprint density at radius 3 is 2.96 bits per heavy atom. The number of aromatic nitrogens is 1. The average Bonchev–Trinajstić information content (AvgIpc) is 2.68. The number of carbonyl (C=O) groups excluding carboxylic acids is 1. The summed E-state index contributed by atoms with van der Waals surface area (Å²) in [6, 6.07) is 12.0. The predicted octanol–water partition coefficient (Wildman–Crippen LogP) is 3.18. The molecule has 5 nitrogen and oxygen atoms in total. The molecular weight excluding hydrogens is 350 g/mol. The van der Waals surface area contributed by atoms with E-state index in [-0.39, 0.29) is 30.3 Å². The van der Waals surface area contributed by atoms with Gasteiger partial charge in [0.15, 0.2) is 0 Å². The van der Waals surface area contributed by atoms with Crippen LogP contribution in [0, 0.1) is 0 Å². The highest BCUT2D eigenvalue weighted by Crippen LogP contribution is 2.27. The summed E-state index contributed by atoms with van der Waals surface area (Å²) >= 11 is 0. The van der Waals surface area contributed by atoms with E-state index in [0.717, 1.165) is 36.5 Å². The van der Waals surface area contributed by atoms with E-state index in [9.17, 15) is 4.79 Å². The number of methoxy groups -OCH3 is 1. The van der Waals surface area contributed by atoms with E-state index in [0.29, 0.717) is 6.42 Å². The molecule has 0 spiro atoms. The number of hydrogen-bond acceptors (Lipinski definition) is 4. The number of carbonyl (C=O) groups is 1. The third-order valence-electron chi connectivity index (χ3n) is 4.78. The topological polar surface area (TPSA) is 54.5 Å². The molecular formula is C20H26ClN3O2. The molecule has 1 aliphatic heterocycles. The Bertz CT molecular complexity index is 711. The van der Waals surface area contributed by atoms with Gasteiger partial charge in [-0.15, -0.1) is 12.4 Å². The molecule has 1 aliphatic rings. The first kappa shape index (κ1) is 20.2. The number of halogens is 1. The molecule has 1 saturated heterocycles. The van der Waals surface area contributed by atoms with Crippen molar-refractivity contribution in [2.75, 3.05) is 26.7 Å². The molecule has 1 N–H and O–H groups in total. The minimum absolute atomic E-state index is 0. The normalized spacial score (nSPS) is 17.9. The van der Waals surface area contributed by atoms with E-state index in [4.69, 9.17) is 4.74 Å². The number of ether oxygens (including phenoxy) is 1. The minimum atomic E-state index is 0. The summed E-state index contributed by atoms with van der Waals surface area (Å²) in [5.74, 6) is 1.16. The Balaban J connectivity index is 0.00000243. The van der Waals surface area contributed by atoms with Crippen molar-refractivity contribution in [2.45, 2.75) is 25.3 Å². The molecule has 6 heteroatoms. The van der Waals surface area contributed by atoms with Gasteiger partial charge in [0, 0.05) is 38.4 Å². The molecule has 140 valence electrons. The maximum atomic E-state index is 13.0. The maximum absolute atomic E-state index is 13.0. The van der Waals surface area contributed by atoms with Gasteiger partial charge in [0.25, 0.3) is 0 Å². The number of pyridine rings is 1. The van der Waals surface area contributed by atoms with Gasteiger partial charge in [0.2, 0.25) is 5.91 Å². The Labute approximate surface area is 161 Å². The molecule has 2 atom stereocenters. The number of nitrogens with zero attached hydrogens (tertiary/aromatic N) is 2. The summed E-state index contributed by atoms with van der Waals surface area (Å²) in [6.07, 6.45) is 4.10. The smallest absolute Gasteiger partial charge is 0.223 e. The second-order valence-electron chi connectivity index (χ2n) is 6.48. The summed E-state index contributed by atoms with van der Waals surface area (Å²) in [6.45, 7) is 4.41.